The quantitative estimate of drug-likeness (QED) is 0.351. The molecule has 0 atom stereocenters. The van der Waals surface area contributed by atoms with Gasteiger partial charge in [0.05, 0.1) is 25.4 Å². The molecule has 0 saturated heterocycles. The molecule has 0 amide bonds. The zero-order valence-electron chi connectivity index (χ0n) is 14.6. The van der Waals surface area contributed by atoms with E-state index in [0.717, 1.165) is 12.5 Å². The lowest BCUT2D eigenvalue weighted by molar-refractivity contribution is 0.0417. The van der Waals surface area contributed by atoms with E-state index < -0.39 is 5.60 Å². The van der Waals surface area contributed by atoms with Gasteiger partial charge in [0.2, 0.25) is 0 Å². The molecule has 0 fully saturated rings. The molecule has 130 valence electrons. The molecule has 3 N–H and O–H groups in total. The van der Waals surface area contributed by atoms with E-state index in [1.54, 1.807) is 0 Å². The molecule has 0 aromatic heterocycles. The summed E-state index contributed by atoms with van der Waals surface area (Å²) in [6.45, 7) is 9.07. The Morgan fingerprint density at radius 2 is 1.83 bits per heavy atom. The first-order chi connectivity index (χ1) is 11.1. The molecule has 0 aliphatic heterocycles. The lowest BCUT2D eigenvalue weighted by Crippen LogP contribution is -2.41. The summed E-state index contributed by atoms with van der Waals surface area (Å²) >= 11 is 0. The van der Waals surface area contributed by atoms with Gasteiger partial charge in [-0.25, -0.2) is 0 Å². The van der Waals surface area contributed by atoms with Gasteiger partial charge in [-0.15, -0.1) is 0 Å². The monoisotopic (exact) mass is 321 g/mol. The maximum atomic E-state index is 10.3. The maximum Gasteiger partial charge on any atom is 0.191 e. The summed E-state index contributed by atoms with van der Waals surface area (Å²) in [5, 5.41) is 16.7. The minimum absolute atomic E-state index is 0.403. The second kappa shape index (κ2) is 11.0. The molecule has 1 aromatic rings. The number of guanidine groups is 1. The summed E-state index contributed by atoms with van der Waals surface area (Å²) in [6, 6.07) is 10.1. The zero-order chi connectivity index (χ0) is 17.0. The van der Waals surface area contributed by atoms with Crippen molar-refractivity contribution in [2.75, 3.05) is 26.2 Å². The summed E-state index contributed by atoms with van der Waals surface area (Å²) in [5.41, 5.74) is 0.454. The molecule has 0 radical (unpaired) electrons. The van der Waals surface area contributed by atoms with Crippen LogP contribution in [0.4, 0.5) is 0 Å². The Hall–Kier alpha value is -1.59. The van der Waals surface area contributed by atoms with Crippen molar-refractivity contribution in [3.63, 3.8) is 0 Å². The molecule has 0 bridgehead atoms. The van der Waals surface area contributed by atoms with E-state index in [1.165, 1.54) is 5.56 Å². The summed E-state index contributed by atoms with van der Waals surface area (Å²) in [4.78, 5) is 4.47. The molecule has 0 unspecified atom stereocenters. The summed E-state index contributed by atoms with van der Waals surface area (Å²) in [7, 11) is 0. The highest BCUT2D eigenvalue weighted by atomic mass is 16.5. The van der Waals surface area contributed by atoms with E-state index >= 15 is 0 Å². The Morgan fingerprint density at radius 3 is 2.43 bits per heavy atom. The SMILES string of the molecule is CCNC(=NCC(O)(CC)CC)NCCOCc1ccccc1. The number of aliphatic hydroxyl groups is 1. The highest BCUT2D eigenvalue weighted by Crippen LogP contribution is 2.14. The van der Waals surface area contributed by atoms with E-state index in [1.807, 2.05) is 39.0 Å². The van der Waals surface area contributed by atoms with Gasteiger partial charge in [0, 0.05) is 13.1 Å². The molecule has 1 aromatic carbocycles. The number of aliphatic imine (C=N–C) groups is 1. The Kier molecular flexibility index (Phi) is 9.33. The van der Waals surface area contributed by atoms with Crippen LogP contribution < -0.4 is 10.6 Å². The van der Waals surface area contributed by atoms with Crippen molar-refractivity contribution in [1.29, 1.82) is 0 Å². The van der Waals surface area contributed by atoms with Crippen LogP contribution in [-0.4, -0.2) is 42.9 Å². The number of ether oxygens (including phenoxy) is 1. The minimum atomic E-state index is -0.716. The fourth-order valence-electron chi connectivity index (χ4n) is 2.05. The first kappa shape index (κ1) is 19.5. The fourth-order valence-corrected chi connectivity index (χ4v) is 2.05. The number of rotatable bonds is 10. The first-order valence-corrected chi connectivity index (χ1v) is 8.49. The van der Waals surface area contributed by atoms with Gasteiger partial charge in [-0.3, -0.25) is 4.99 Å². The molecule has 0 saturated carbocycles. The molecule has 23 heavy (non-hydrogen) atoms. The topological polar surface area (TPSA) is 65.9 Å². The van der Waals surface area contributed by atoms with E-state index in [9.17, 15) is 5.11 Å². The van der Waals surface area contributed by atoms with Crippen LogP contribution in [-0.2, 0) is 11.3 Å². The van der Waals surface area contributed by atoms with Gasteiger partial charge in [-0.05, 0) is 25.3 Å². The van der Waals surface area contributed by atoms with E-state index in [0.29, 0.717) is 39.1 Å². The number of benzene rings is 1. The second-order valence-corrected chi connectivity index (χ2v) is 5.59. The second-order valence-electron chi connectivity index (χ2n) is 5.59. The van der Waals surface area contributed by atoms with Crippen LogP contribution in [0.15, 0.2) is 35.3 Å². The van der Waals surface area contributed by atoms with Crippen LogP contribution in [0.5, 0.6) is 0 Å². The van der Waals surface area contributed by atoms with Crippen molar-refractivity contribution < 1.29 is 9.84 Å². The summed E-state index contributed by atoms with van der Waals surface area (Å²) in [5.74, 6) is 0.719. The van der Waals surface area contributed by atoms with Gasteiger partial charge < -0.3 is 20.5 Å². The van der Waals surface area contributed by atoms with Crippen molar-refractivity contribution in [3.05, 3.63) is 35.9 Å². The van der Waals surface area contributed by atoms with Gasteiger partial charge in [-0.1, -0.05) is 44.2 Å². The highest BCUT2D eigenvalue weighted by molar-refractivity contribution is 5.79. The smallest absolute Gasteiger partial charge is 0.191 e. The van der Waals surface area contributed by atoms with Gasteiger partial charge in [0.1, 0.15) is 0 Å². The van der Waals surface area contributed by atoms with Crippen LogP contribution in [0.25, 0.3) is 0 Å². The zero-order valence-corrected chi connectivity index (χ0v) is 14.6. The average Bonchev–Trinajstić information content (AvgIpc) is 2.60. The number of nitrogens with one attached hydrogen (secondary N) is 2. The van der Waals surface area contributed by atoms with Gasteiger partial charge >= 0.3 is 0 Å². The van der Waals surface area contributed by atoms with Crippen molar-refractivity contribution in [2.45, 2.75) is 45.8 Å². The van der Waals surface area contributed by atoms with Crippen LogP contribution in [0.3, 0.4) is 0 Å². The lowest BCUT2D eigenvalue weighted by Gasteiger charge is -2.23. The Morgan fingerprint density at radius 1 is 1.13 bits per heavy atom. The third-order valence-corrected chi connectivity index (χ3v) is 3.84. The van der Waals surface area contributed by atoms with Crippen molar-refractivity contribution in [3.8, 4) is 0 Å². The van der Waals surface area contributed by atoms with E-state index in [-0.39, 0.29) is 0 Å². The number of hydrogen-bond acceptors (Lipinski definition) is 3. The van der Waals surface area contributed by atoms with Crippen LogP contribution in [0, 0.1) is 0 Å². The third-order valence-electron chi connectivity index (χ3n) is 3.84. The van der Waals surface area contributed by atoms with Gasteiger partial charge in [-0.2, -0.15) is 0 Å². The first-order valence-electron chi connectivity index (χ1n) is 8.49. The highest BCUT2D eigenvalue weighted by Gasteiger charge is 2.21. The maximum absolute atomic E-state index is 10.3. The van der Waals surface area contributed by atoms with Crippen molar-refractivity contribution in [2.24, 2.45) is 4.99 Å². The van der Waals surface area contributed by atoms with E-state index in [4.69, 9.17) is 4.74 Å². The molecular formula is C18H31N3O2. The molecule has 5 heteroatoms. The van der Waals surface area contributed by atoms with Gasteiger partial charge in [0.15, 0.2) is 5.96 Å². The fraction of sp³-hybridized carbons (Fsp3) is 0.611. The third kappa shape index (κ3) is 8.00. The normalized spacial score (nSPS) is 12.3. The molecule has 0 aliphatic carbocycles. The number of nitrogens with zero attached hydrogens (tertiary/aromatic N) is 1. The Labute approximate surface area is 140 Å². The summed E-state index contributed by atoms with van der Waals surface area (Å²) < 4.78 is 5.64. The van der Waals surface area contributed by atoms with Crippen molar-refractivity contribution in [1.82, 2.24) is 10.6 Å². The predicted molar refractivity (Wildman–Crippen MR) is 95.6 cm³/mol. The lowest BCUT2D eigenvalue weighted by atomic mass is 9.98. The Balaban J connectivity index is 2.32. The molecule has 5 nitrogen and oxygen atoms in total. The predicted octanol–water partition coefficient (Wildman–Crippen LogP) is 2.31. The minimum Gasteiger partial charge on any atom is -0.388 e. The standard InChI is InChI=1S/C18H31N3O2/c1-4-18(22,5-2)15-21-17(19-6-3)20-12-13-23-14-16-10-8-7-9-11-16/h7-11,22H,4-6,12-15H2,1-3H3,(H2,19,20,21). The molecular weight excluding hydrogens is 290 g/mol. The van der Waals surface area contributed by atoms with Crippen LogP contribution >= 0.6 is 0 Å². The number of hydrogen-bond donors (Lipinski definition) is 3. The molecule has 0 spiro atoms. The molecule has 1 rings (SSSR count). The van der Waals surface area contributed by atoms with Crippen LogP contribution in [0.2, 0.25) is 0 Å². The summed E-state index contributed by atoms with van der Waals surface area (Å²) in [6.07, 6.45) is 1.40. The Bertz CT molecular complexity index is 445. The average molecular weight is 321 g/mol. The largest absolute Gasteiger partial charge is 0.388 e. The molecule has 0 aliphatic rings. The van der Waals surface area contributed by atoms with Crippen molar-refractivity contribution >= 4 is 5.96 Å². The van der Waals surface area contributed by atoms with Crippen LogP contribution in [0.1, 0.15) is 39.2 Å². The molecule has 0 heterocycles. The van der Waals surface area contributed by atoms with E-state index in [2.05, 4.69) is 27.8 Å². The van der Waals surface area contributed by atoms with Gasteiger partial charge in [0.25, 0.3) is 0 Å².